The van der Waals surface area contributed by atoms with Crippen molar-refractivity contribution >= 4 is 6.09 Å². The average molecular weight is 358 g/mol. The molecule has 0 aliphatic heterocycles. The molecule has 0 aromatic rings. The van der Waals surface area contributed by atoms with Crippen molar-refractivity contribution in [2.24, 2.45) is 0 Å². The van der Waals surface area contributed by atoms with Gasteiger partial charge in [-0.15, -0.1) is 6.42 Å². The van der Waals surface area contributed by atoms with Gasteiger partial charge in [-0.25, -0.2) is 4.79 Å². The van der Waals surface area contributed by atoms with Crippen LogP contribution < -0.4 is 0 Å². The molecule has 2 aliphatic rings. The highest BCUT2D eigenvalue weighted by Gasteiger charge is 2.37. The van der Waals surface area contributed by atoms with E-state index in [1.165, 1.54) is 38.5 Å². The highest BCUT2D eigenvalue weighted by molar-refractivity contribution is 5.70. The van der Waals surface area contributed by atoms with Crippen molar-refractivity contribution in [2.45, 2.75) is 103 Å². The Balaban J connectivity index is 2.17. The maximum Gasteiger partial charge on any atom is 0.411 e. The molecule has 2 rings (SSSR count). The first-order chi connectivity index (χ1) is 12.5. The number of nitrogens with zero attached hydrogens (tertiary/aromatic N) is 1. The quantitative estimate of drug-likeness (QED) is 0.446. The average Bonchev–Trinajstić information content (AvgIpc) is 2.63. The molecule has 26 heavy (non-hydrogen) atoms. The summed E-state index contributed by atoms with van der Waals surface area (Å²) in [6.45, 7) is 5.72. The molecule has 0 aromatic carbocycles. The van der Waals surface area contributed by atoms with Crippen LogP contribution in [0.4, 0.5) is 4.79 Å². The van der Waals surface area contributed by atoms with Gasteiger partial charge in [-0.2, -0.15) is 0 Å². The summed E-state index contributed by atoms with van der Waals surface area (Å²) in [5.41, 5.74) is -0.108. The first kappa shape index (κ1) is 20.6. The summed E-state index contributed by atoms with van der Waals surface area (Å²) in [6.07, 6.45) is 23.0. The van der Waals surface area contributed by atoms with E-state index in [1.807, 2.05) is 39.0 Å². The fourth-order valence-corrected chi connectivity index (χ4v) is 4.26. The van der Waals surface area contributed by atoms with Crippen LogP contribution in [-0.4, -0.2) is 28.7 Å². The summed E-state index contributed by atoms with van der Waals surface area (Å²) in [5, 5.41) is 0. The highest BCUT2D eigenvalue weighted by atomic mass is 16.6. The molecular formula is C23H35NO2. The van der Waals surface area contributed by atoms with Gasteiger partial charge in [0.25, 0.3) is 0 Å². The lowest BCUT2D eigenvalue weighted by Gasteiger charge is -2.42. The molecule has 0 saturated heterocycles. The summed E-state index contributed by atoms with van der Waals surface area (Å²) in [5.74, 6) is 2.69. The molecular weight excluding hydrogens is 322 g/mol. The Morgan fingerprint density at radius 2 is 1.54 bits per heavy atom. The van der Waals surface area contributed by atoms with E-state index in [0.29, 0.717) is 17.7 Å². The van der Waals surface area contributed by atoms with Crippen LogP contribution in [-0.2, 0) is 4.74 Å². The Morgan fingerprint density at radius 1 is 1.04 bits per heavy atom. The van der Waals surface area contributed by atoms with Gasteiger partial charge in [0.05, 0.1) is 0 Å². The van der Waals surface area contributed by atoms with Gasteiger partial charge in [0, 0.05) is 17.7 Å². The molecule has 0 N–H and O–H groups in total. The van der Waals surface area contributed by atoms with Crippen LogP contribution in [0, 0.1) is 12.3 Å². The van der Waals surface area contributed by atoms with Gasteiger partial charge in [0.2, 0.25) is 0 Å². The normalized spacial score (nSPS) is 20.8. The van der Waals surface area contributed by atoms with Gasteiger partial charge in [-0.1, -0.05) is 56.6 Å². The highest BCUT2D eigenvalue weighted by Crippen LogP contribution is 2.32. The van der Waals surface area contributed by atoms with E-state index in [4.69, 9.17) is 11.2 Å². The predicted octanol–water partition coefficient (Wildman–Crippen LogP) is 6.00. The number of carbonyl (C=O) groups excluding carboxylic acids is 1. The summed E-state index contributed by atoms with van der Waals surface area (Å²) in [6, 6.07) is 0.646. The van der Waals surface area contributed by atoms with Crippen molar-refractivity contribution in [2.75, 3.05) is 0 Å². The van der Waals surface area contributed by atoms with E-state index in [-0.39, 0.29) is 6.09 Å². The van der Waals surface area contributed by atoms with Gasteiger partial charge in [0.1, 0.15) is 5.60 Å². The largest absolute Gasteiger partial charge is 0.438 e. The molecule has 0 unspecified atom stereocenters. The first-order valence-corrected chi connectivity index (χ1v) is 10.3. The zero-order valence-corrected chi connectivity index (χ0v) is 16.8. The molecule has 3 nitrogen and oxygen atoms in total. The number of amides is 1. The standard InChI is InChI=1S/C23H35NO2/c1-5-7-14-19(6-2)23(3,4)26-22(25)24(20-15-10-8-11-16-20)21-17-12-9-13-18-21/h2,5,7,14,20-21H,8-13,15-18H2,1,3-4H3/b7-5-,19-14+. The summed E-state index contributed by atoms with van der Waals surface area (Å²) in [7, 11) is 0. The van der Waals surface area contributed by atoms with Crippen LogP contribution >= 0.6 is 0 Å². The summed E-state index contributed by atoms with van der Waals surface area (Å²) in [4.78, 5) is 15.3. The van der Waals surface area contributed by atoms with Gasteiger partial charge < -0.3 is 9.64 Å². The monoisotopic (exact) mass is 357 g/mol. The number of allylic oxidation sites excluding steroid dienone is 3. The number of hydrogen-bond acceptors (Lipinski definition) is 2. The van der Waals surface area contributed by atoms with Gasteiger partial charge >= 0.3 is 6.09 Å². The molecule has 1 amide bonds. The van der Waals surface area contributed by atoms with Gasteiger partial charge in [-0.05, 0) is 52.5 Å². The Morgan fingerprint density at radius 3 is 1.96 bits per heavy atom. The van der Waals surface area contributed by atoms with Gasteiger partial charge in [-0.3, -0.25) is 0 Å². The van der Waals surface area contributed by atoms with Crippen LogP contribution in [0.1, 0.15) is 85.0 Å². The van der Waals surface area contributed by atoms with Crippen molar-refractivity contribution < 1.29 is 9.53 Å². The SMILES string of the molecule is C#C/C(=C\C=C/C)C(C)(C)OC(=O)N(C1CCCCC1)C1CCCCC1. The molecule has 2 aliphatic carbocycles. The molecule has 0 bridgehead atoms. The Labute approximate surface area is 159 Å². The second-order valence-electron chi connectivity index (χ2n) is 8.12. The lowest BCUT2D eigenvalue weighted by molar-refractivity contribution is 0.00378. The predicted molar refractivity (Wildman–Crippen MR) is 108 cm³/mol. The zero-order chi connectivity index (χ0) is 19.0. The van der Waals surface area contributed by atoms with Crippen molar-refractivity contribution in [3.8, 4) is 12.3 Å². The first-order valence-electron chi connectivity index (χ1n) is 10.3. The molecule has 0 radical (unpaired) electrons. The van der Waals surface area contributed by atoms with Crippen LogP contribution in [0.5, 0.6) is 0 Å². The van der Waals surface area contributed by atoms with Crippen molar-refractivity contribution in [1.82, 2.24) is 4.90 Å². The second kappa shape index (κ2) is 9.86. The molecule has 0 atom stereocenters. The van der Waals surface area contributed by atoms with E-state index >= 15 is 0 Å². The fourth-order valence-electron chi connectivity index (χ4n) is 4.26. The minimum Gasteiger partial charge on any atom is -0.438 e. The van der Waals surface area contributed by atoms with Crippen LogP contribution in [0.15, 0.2) is 23.8 Å². The Hall–Kier alpha value is -1.69. The van der Waals surface area contributed by atoms with E-state index in [2.05, 4.69) is 10.8 Å². The minimum atomic E-state index is -0.799. The molecule has 0 heterocycles. The Kier molecular flexibility index (Phi) is 7.82. The topological polar surface area (TPSA) is 29.5 Å². The molecule has 2 saturated carbocycles. The molecule has 144 valence electrons. The fraction of sp³-hybridized carbons (Fsp3) is 0.696. The number of hydrogen-bond donors (Lipinski definition) is 0. The van der Waals surface area contributed by atoms with E-state index < -0.39 is 5.60 Å². The summed E-state index contributed by atoms with van der Waals surface area (Å²) >= 11 is 0. The second-order valence-corrected chi connectivity index (χ2v) is 8.12. The smallest absolute Gasteiger partial charge is 0.411 e. The molecule has 0 spiro atoms. The summed E-state index contributed by atoms with van der Waals surface area (Å²) < 4.78 is 6.00. The van der Waals surface area contributed by atoms with Crippen molar-refractivity contribution in [3.63, 3.8) is 0 Å². The van der Waals surface area contributed by atoms with E-state index in [9.17, 15) is 4.79 Å². The molecule has 3 heteroatoms. The van der Waals surface area contributed by atoms with Crippen LogP contribution in [0.3, 0.4) is 0 Å². The van der Waals surface area contributed by atoms with Crippen molar-refractivity contribution in [1.29, 1.82) is 0 Å². The number of ether oxygens (including phenoxy) is 1. The number of terminal acetylenes is 1. The van der Waals surface area contributed by atoms with E-state index in [0.717, 1.165) is 25.7 Å². The molecule has 2 fully saturated rings. The van der Waals surface area contributed by atoms with Crippen LogP contribution in [0.25, 0.3) is 0 Å². The third-order valence-corrected chi connectivity index (χ3v) is 5.75. The lowest BCUT2D eigenvalue weighted by Crippen LogP contribution is -2.51. The lowest BCUT2D eigenvalue weighted by atomic mass is 9.89. The third kappa shape index (κ3) is 5.40. The maximum absolute atomic E-state index is 13.2. The maximum atomic E-state index is 13.2. The van der Waals surface area contributed by atoms with Crippen molar-refractivity contribution in [3.05, 3.63) is 23.8 Å². The zero-order valence-electron chi connectivity index (χ0n) is 16.8. The van der Waals surface area contributed by atoms with Gasteiger partial charge in [0.15, 0.2) is 0 Å². The minimum absolute atomic E-state index is 0.185. The van der Waals surface area contributed by atoms with Crippen LogP contribution in [0.2, 0.25) is 0 Å². The van der Waals surface area contributed by atoms with E-state index in [1.54, 1.807) is 0 Å². The number of rotatable bonds is 5. The number of carbonyl (C=O) groups is 1. The Bertz CT molecular complexity index is 537. The third-order valence-electron chi connectivity index (χ3n) is 5.75. The molecule has 0 aromatic heterocycles.